The van der Waals surface area contributed by atoms with Crippen molar-refractivity contribution in [2.45, 2.75) is 87.0 Å². The van der Waals surface area contributed by atoms with Crippen LogP contribution in [0.1, 0.15) is 88.0 Å². The standard InChI is InChI=1S/C46H48N4O.Pt/c1-28(2)22-33-20-21-47-42(23-33)49-40-17-12-11-16-38(40)39-19-18-36(27-41(39)49)51-37-25-34(29(3)4)24-35(26-37)50-45(46(8,9)10)44(32(7)48-50)43-30(5)14-13-15-31(43)6;/h11-21,23-25,28-29H,22H2,1-10H3;/q-2;+2. The second-order valence-corrected chi connectivity index (χ2v) is 15.7. The molecule has 0 unspecified atom stereocenters. The molecule has 0 amide bonds. The third-order valence-electron chi connectivity index (χ3n) is 9.71. The summed E-state index contributed by atoms with van der Waals surface area (Å²) in [6.45, 7) is 22.2. The van der Waals surface area contributed by atoms with Crippen molar-refractivity contribution in [2.24, 2.45) is 5.92 Å². The Morgan fingerprint density at radius 3 is 2.19 bits per heavy atom. The molecule has 4 aromatic carbocycles. The van der Waals surface area contributed by atoms with Gasteiger partial charge in [-0.3, -0.25) is 4.68 Å². The van der Waals surface area contributed by atoms with Crippen LogP contribution in [0.25, 0.3) is 44.4 Å². The van der Waals surface area contributed by atoms with E-state index in [1.807, 2.05) is 12.3 Å². The van der Waals surface area contributed by atoms with Gasteiger partial charge in [0.15, 0.2) is 0 Å². The molecular formula is C46H48N4OPt. The van der Waals surface area contributed by atoms with Crippen molar-refractivity contribution in [3.63, 3.8) is 0 Å². The molecule has 0 radical (unpaired) electrons. The molecule has 0 spiro atoms. The molecule has 3 heterocycles. The number of benzene rings is 4. The smallest absolute Gasteiger partial charge is 0.509 e. The fourth-order valence-corrected chi connectivity index (χ4v) is 7.43. The third kappa shape index (κ3) is 7.00. The number of aryl methyl sites for hydroxylation is 3. The topological polar surface area (TPSA) is 44.9 Å². The van der Waals surface area contributed by atoms with Crippen LogP contribution in [-0.4, -0.2) is 19.3 Å². The van der Waals surface area contributed by atoms with Gasteiger partial charge >= 0.3 is 21.1 Å². The van der Waals surface area contributed by atoms with Crippen molar-refractivity contribution in [1.29, 1.82) is 0 Å². The number of rotatable bonds is 8. The van der Waals surface area contributed by atoms with Crippen molar-refractivity contribution in [2.75, 3.05) is 0 Å². The summed E-state index contributed by atoms with van der Waals surface area (Å²) >= 11 is 0. The summed E-state index contributed by atoms with van der Waals surface area (Å²) in [6, 6.07) is 35.0. The van der Waals surface area contributed by atoms with E-state index in [4.69, 9.17) is 14.8 Å². The van der Waals surface area contributed by atoms with Crippen LogP contribution in [0.4, 0.5) is 0 Å². The normalized spacial score (nSPS) is 11.9. The monoisotopic (exact) mass is 867 g/mol. The van der Waals surface area contributed by atoms with E-state index in [0.29, 0.717) is 17.4 Å². The second kappa shape index (κ2) is 14.5. The van der Waals surface area contributed by atoms with Gasteiger partial charge in [0.25, 0.3) is 0 Å². The van der Waals surface area contributed by atoms with Gasteiger partial charge in [0.05, 0.1) is 11.4 Å². The summed E-state index contributed by atoms with van der Waals surface area (Å²) in [5, 5.41) is 7.47. The van der Waals surface area contributed by atoms with Gasteiger partial charge in [-0.25, -0.2) is 4.98 Å². The van der Waals surface area contributed by atoms with Crippen molar-refractivity contribution in [3.8, 4) is 34.1 Å². The molecule has 0 fully saturated rings. The summed E-state index contributed by atoms with van der Waals surface area (Å²) < 4.78 is 11.0. The van der Waals surface area contributed by atoms with Crippen molar-refractivity contribution in [3.05, 3.63) is 131 Å². The van der Waals surface area contributed by atoms with Gasteiger partial charge in [0.2, 0.25) is 0 Å². The molecule has 0 bridgehead atoms. The Labute approximate surface area is 323 Å². The second-order valence-electron chi connectivity index (χ2n) is 15.7. The minimum absolute atomic E-state index is 0. The first-order valence-corrected chi connectivity index (χ1v) is 18.1. The van der Waals surface area contributed by atoms with Crippen molar-refractivity contribution in [1.82, 2.24) is 19.3 Å². The van der Waals surface area contributed by atoms with Gasteiger partial charge < -0.3 is 9.30 Å². The molecule has 7 rings (SSSR count). The predicted molar refractivity (Wildman–Crippen MR) is 211 cm³/mol. The zero-order valence-electron chi connectivity index (χ0n) is 32.0. The van der Waals surface area contributed by atoms with Gasteiger partial charge in [-0.05, 0) is 90.6 Å². The van der Waals surface area contributed by atoms with Crippen LogP contribution in [0.15, 0.2) is 85.1 Å². The quantitative estimate of drug-likeness (QED) is 0.143. The van der Waals surface area contributed by atoms with Gasteiger partial charge in [-0.15, -0.1) is 41.3 Å². The van der Waals surface area contributed by atoms with E-state index in [-0.39, 0.29) is 32.4 Å². The van der Waals surface area contributed by atoms with Gasteiger partial charge in [-0.1, -0.05) is 90.4 Å². The first-order chi connectivity index (χ1) is 24.3. The van der Waals surface area contributed by atoms with Crippen LogP contribution in [0, 0.1) is 38.8 Å². The minimum atomic E-state index is -0.194. The van der Waals surface area contributed by atoms with E-state index in [2.05, 4.69) is 163 Å². The molecule has 268 valence electrons. The minimum Gasteiger partial charge on any atom is -0.509 e. The molecule has 0 saturated carbocycles. The molecule has 0 atom stereocenters. The van der Waals surface area contributed by atoms with Gasteiger partial charge in [0.1, 0.15) is 5.82 Å². The van der Waals surface area contributed by atoms with E-state index >= 15 is 0 Å². The number of ether oxygens (including phenoxy) is 1. The molecule has 0 aliphatic heterocycles. The molecule has 0 aliphatic rings. The molecule has 7 aromatic rings. The number of pyridine rings is 1. The van der Waals surface area contributed by atoms with E-state index < -0.39 is 0 Å². The Kier molecular flexibility index (Phi) is 10.4. The van der Waals surface area contributed by atoms with Crippen LogP contribution in [0.5, 0.6) is 11.5 Å². The number of hydrogen-bond donors (Lipinski definition) is 0. The Morgan fingerprint density at radius 1 is 0.769 bits per heavy atom. The first kappa shape index (κ1) is 37.3. The maximum absolute atomic E-state index is 6.70. The predicted octanol–water partition coefficient (Wildman–Crippen LogP) is 12.0. The Morgan fingerprint density at radius 2 is 1.50 bits per heavy atom. The SMILES string of the molecule is Cc1cccc(C)c1-c1c(C)nn(-c2[c-]c(Oc3[c-]c4c(cc3)c3ccccc3n4-c3cc(CC(C)C)ccn3)cc(C(C)C)c2)c1C(C)(C)C.[Pt+2]. The number of para-hydroxylation sites is 1. The summed E-state index contributed by atoms with van der Waals surface area (Å²) in [5.41, 5.74) is 12.2. The zero-order chi connectivity index (χ0) is 36.2. The number of aromatic nitrogens is 4. The zero-order valence-corrected chi connectivity index (χ0v) is 34.2. The molecule has 52 heavy (non-hydrogen) atoms. The molecule has 0 aliphatic carbocycles. The van der Waals surface area contributed by atoms with Gasteiger partial charge in [-0.2, -0.15) is 11.2 Å². The fraction of sp³-hybridized carbons (Fsp3) is 0.304. The summed E-state index contributed by atoms with van der Waals surface area (Å²) in [5.74, 6) is 2.96. The summed E-state index contributed by atoms with van der Waals surface area (Å²) in [7, 11) is 0. The van der Waals surface area contributed by atoms with E-state index in [9.17, 15) is 0 Å². The summed E-state index contributed by atoms with van der Waals surface area (Å²) in [4.78, 5) is 4.84. The maximum Gasteiger partial charge on any atom is 2.00 e. The third-order valence-corrected chi connectivity index (χ3v) is 9.71. The van der Waals surface area contributed by atoms with E-state index in [0.717, 1.165) is 56.7 Å². The van der Waals surface area contributed by atoms with Crippen LogP contribution in [-0.2, 0) is 32.9 Å². The van der Waals surface area contributed by atoms with Crippen LogP contribution in [0.2, 0.25) is 0 Å². The number of fused-ring (bicyclic) bond motifs is 3. The number of hydrogen-bond acceptors (Lipinski definition) is 3. The molecule has 3 aromatic heterocycles. The Hall–Kier alpha value is -4.47. The van der Waals surface area contributed by atoms with Crippen LogP contribution < -0.4 is 4.74 Å². The maximum atomic E-state index is 6.70. The van der Waals surface area contributed by atoms with Crippen LogP contribution >= 0.6 is 0 Å². The Balaban J connectivity index is 0.00000464. The molecular weight excluding hydrogens is 820 g/mol. The van der Waals surface area contributed by atoms with E-state index in [1.54, 1.807) is 0 Å². The summed E-state index contributed by atoms with van der Waals surface area (Å²) in [6.07, 6.45) is 2.91. The average molecular weight is 868 g/mol. The van der Waals surface area contributed by atoms with E-state index in [1.165, 1.54) is 27.8 Å². The molecule has 0 saturated heterocycles. The molecule has 6 heteroatoms. The molecule has 0 N–H and O–H groups in total. The first-order valence-electron chi connectivity index (χ1n) is 18.1. The largest absolute Gasteiger partial charge is 2.00 e. The number of nitrogens with zero attached hydrogens (tertiary/aromatic N) is 4. The molecule has 5 nitrogen and oxygen atoms in total. The average Bonchev–Trinajstić information content (AvgIpc) is 3.59. The van der Waals surface area contributed by atoms with Gasteiger partial charge in [0, 0.05) is 34.2 Å². The van der Waals surface area contributed by atoms with Crippen molar-refractivity contribution < 1.29 is 25.8 Å². The fourth-order valence-electron chi connectivity index (χ4n) is 7.43. The Bertz CT molecular complexity index is 2390. The van der Waals surface area contributed by atoms with Crippen LogP contribution in [0.3, 0.4) is 0 Å². The van der Waals surface area contributed by atoms with Crippen molar-refractivity contribution >= 4 is 21.8 Å².